The van der Waals surface area contributed by atoms with E-state index in [1.165, 1.54) is 22.3 Å². The fraction of sp³-hybridized carbons (Fsp3) is 0.368. The van der Waals surface area contributed by atoms with E-state index in [-0.39, 0.29) is 0 Å². The first-order chi connectivity index (χ1) is 10.1. The molecule has 0 bridgehead atoms. The second-order valence-electron chi connectivity index (χ2n) is 6.17. The number of nitrogens with one attached hydrogen (secondary N) is 1. The molecule has 3 rings (SSSR count). The van der Waals surface area contributed by atoms with E-state index in [4.69, 9.17) is 0 Å². The molecule has 0 amide bonds. The molecule has 110 valence electrons. The summed E-state index contributed by atoms with van der Waals surface area (Å²) in [5.74, 6) is 0.377. The van der Waals surface area contributed by atoms with Gasteiger partial charge in [0, 0.05) is 12.1 Å². The standard InChI is InChI=1S/C19H23NO/c1-13-5-3-4-6-15(13)11-14(2)20-19-10-7-16-12-17(21)8-9-18(16)19/h3-6,8-9,12,14,19-21H,7,10-11H2,1-2H3. The zero-order valence-electron chi connectivity index (χ0n) is 12.8. The lowest BCUT2D eigenvalue weighted by atomic mass is 10.0. The normalized spacial score (nSPS) is 18.5. The van der Waals surface area contributed by atoms with Crippen LogP contribution >= 0.6 is 0 Å². The maximum absolute atomic E-state index is 9.57. The summed E-state index contributed by atoms with van der Waals surface area (Å²) in [5.41, 5.74) is 5.42. The van der Waals surface area contributed by atoms with Crippen LogP contribution in [0.25, 0.3) is 0 Å². The van der Waals surface area contributed by atoms with Crippen LogP contribution in [0.1, 0.15) is 41.6 Å². The van der Waals surface area contributed by atoms with Crippen LogP contribution in [-0.4, -0.2) is 11.1 Å². The van der Waals surface area contributed by atoms with Gasteiger partial charge in [0.1, 0.15) is 5.75 Å². The minimum Gasteiger partial charge on any atom is -0.508 e. The van der Waals surface area contributed by atoms with Crippen molar-refractivity contribution in [2.45, 2.75) is 45.2 Å². The van der Waals surface area contributed by atoms with E-state index in [9.17, 15) is 5.11 Å². The van der Waals surface area contributed by atoms with Crippen molar-refractivity contribution >= 4 is 0 Å². The lowest BCUT2D eigenvalue weighted by Crippen LogP contribution is -2.31. The first kappa shape index (κ1) is 14.2. The van der Waals surface area contributed by atoms with Crippen LogP contribution in [0.2, 0.25) is 0 Å². The van der Waals surface area contributed by atoms with Crippen molar-refractivity contribution in [3.8, 4) is 5.75 Å². The highest BCUT2D eigenvalue weighted by molar-refractivity contribution is 5.40. The molecule has 21 heavy (non-hydrogen) atoms. The monoisotopic (exact) mass is 281 g/mol. The van der Waals surface area contributed by atoms with Gasteiger partial charge in [0.15, 0.2) is 0 Å². The van der Waals surface area contributed by atoms with Gasteiger partial charge in [0.25, 0.3) is 0 Å². The Hall–Kier alpha value is -1.80. The van der Waals surface area contributed by atoms with E-state index in [1.54, 1.807) is 6.07 Å². The molecule has 1 aliphatic carbocycles. The van der Waals surface area contributed by atoms with Gasteiger partial charge in [-0.05, 0) is 67.5 Å². The molecule has 0 radical (unpaired) electrons. The van der Waals surface area contributed by atoms with Crippen LogP contribution in [0.4, 0.5) is 0 Å². The van der Waals surface area contributed by atoms with Crippen molar-refractivity contribution in [1.29, 1.82) is 0 Å². The topological polar surface area (TPSA) is 32.3 Å². The number of phenols is 1. The molecule has 2 unspecified atom stereocenters. The van der Waals surface area contributed by atoms with E-state index < -0.39 is 0 Å². The van der Waals surface area contributed by atoms with Crippen molar-refractivity contribution in [3.63, 3.8) is 0 Å². The second-order valence-corrected chi connectivity index (χ2v) is 6.17. The van der Waals surface area contributed by atoms with E-state index in [2.05, 4.69) is 49.5 Å². The Labute approximate surface area is 126 Å². The van der Waals surface area contributed by atoms with E-state index >= 15 is 0 Å². The predicted molar refractivity (Wildman–Crippen MR) is 86.6 cm³/mol. The lowest BCUT2D eigenvalue weighted by molar-refractivity contribution is 0.450. The summed E-state index contributed by atoms with van der Waals surface area (Å²) in [4.78, 5) is 0. The number of benzene rings is 2. The van der Waals surface area contributed by atoms with E-state index in [1.807, 2.05) is 6.07 Å². The number of aryl methyl sites for hydroxylation is 2. The summed E-state index contributed by atoms with van der Waals surface area (Å²) in [6, 6.07) is 15.2. The minimum atomic E-state index is 0.377. The molecular weight excluding hydrogens is 258 g/mol. The number of phenolic OH excluding ortho intramolecular Hbond substituents is 1. The number of aromatic hydroxyl groups is 1. The average molecular weight is 281 g/mol. The summed E-state index contributed by atoms with van der Waals surface area (Å²) in [5, 5.41) is 13.3. The van der Waals surface area contributed by atoms with Gasteiger partial charge in [-0.1, -0.05) is 30.3 Å². The molecule has 2 atom stereocenters. The number of hydrogen-bond acceptors (Lipinski definition) is 2. The maximum atomic E-state index is 9.57. The first-order valence-corrected chi connectivity index (χ1v) is 7.76. The third kappa shape index (κ3) is 3.11. The Morgan fingerprint density at radius 2 is 2.05 bits per heavy atom. The fourth-order valence-electron chi connectivity index (χ4n) is 3.35. The van der Waals surface area contributed by atoms with E-state index in [0.29, 0.717) is 17.8 Å². The van der Waals surface area contributed by atoms with Gasteiger partial charge >= 0.3 is 0 Å². The zero-order chi connectivity index (χ0) is 14.8. The third-order valence-corrected chi connectivity index (χ3v) is 4.48. The Kier molecular flexibility index (Phi) is 3.98. The smallest absolute Gasteiger partial charge is 0.115 e. The molecule has 2 aromatic carbocycles. The van der Waals surface area contributed by atoms with Crippen molar-refractivity contribution < 1.29 is 5.11 Å². The van der Waals surface area contributed by atoms with Crippen molar-refractivity contribution in [2.24, 2.45) is 0 Å². The zero-order valence-corrected chi connectivity index (χ0v) is 12.8. The Bertz CT molecular complexity index is 635. The van der Waals surface area contributed by atoms with Gasteiger partial charge in [-0.25, -0.2) is 0 Å². The summed E-state index contributed by atoms with van der Waals surface area (Å²) < 4.78 is 0. The molecule has 2 N–H and O–H groups in total. The maximum Gasteiger partial charge on any atom is 0.115 e. The summed E-state index contributed by atoms with van der Waals surface area (Å²) in [7, 11) is 0. The van der Waals surface area contributed by atoms with Crippen LogP contribution in [0.5, 0.6) is 5.75 Å². The van der Waals surface area contributed by atoms with Crippen LogP contribution in [-0.2, 0) is 12.8 Å². The van der Waals surface area contributed by atoms with Crippen molar-refractivity contribution in [3.05, 3.63) is 64.7 Å². The highest BCUT2D eigenvalue weighted by Gasteiger charge is 2.23. The first-order valence-electron chi connectivity index (χ1n) is 7.76. The summed E-state index contributed by atoms with van der Waals surface area (Å²) in [6.45, 7) is 4.43. The Morgan fingerprint density at radius 3 is 2.86 bits per heavy atom. The Morgan fingerprint density at radius 1 is 1.24 bits per heavy atom. The molecule has 0 aromatic heterocycles. The highest BCUT2D eigenvalue weighted by atomic mass is 16.3. The highest BCUT2D eigenvalue weighted by Crippen LogP contribution is 2.33. The molecule has 2 heteroatoms. The molecule has 2 nitrogen and oxygen atoms in total. The summed E-state index contributed by atoms with van der Waals surface area (Å²) >= 11 is 0. The fourth-order valence-corrected chi connectivity index (χ4v) is 3.35. The minimum absolute atomic E-state index is 0.377. The third-order valence-electron chi connectivity index (χ3n) is 4.48. The van der Waals surface area contributed by atoms with Gasteiger partial charge in [-0.3, -0.25) is 0 Å². The van der Waals surface area contributed by atoms with Crippen LogP contribution in [0, 0.1) is 6.92 Å². The molecule has 1 aliphatic rings. The average Bonchev–Trinajstić information content (AvgIpc) is 2.83. The molecule has 0 spiro atoms. The van der Waals surface area contributed by atoms with Gasteiger partial charge in [0.05, 0.1) is 0 Å². The van der Waals surface area contributed by atoms with Gasteiger partial charge < -0.3 is 10.4 Å². The van der Waals surface area contributed by atoms with Gasteiger partial charge in [-0.15, -0.1) is 0 Å². The Balaban J connectivity index is 1.67. The molecule has 0 aliphatic heterocycles. The van der Waals surface area contributed by atoms with E-state index in [0.717, 1.165) is 19.3 Å². The summed E-state index contributed by atoms with van der Waals surface area (Å²) in [6.07, 6.45) is 3.23. The van der Waals surface area contributed by atoms with Crippen molar-refractivity contribution in [2.75, 3.05) is 0 Å². The molecule has 2 aromatic rings. The molecular formula is C19H23NO. The van der Waals surface area contributed by atoms with Crippen molar-refractivity contribution in [1.82, 2.24) is 5.32 Å². The number of fused-ring (bicyclic) bond motifs is 1. The lowest BCUT2D eigenvalue weighted by Gasteiger charge is -2.21. The van der Waals surface area contributed by atoms with Gasteiger partial charge in [-0.2, -0.15) is 0 Å². The van der Waals surface area contributed by atoms with Gasteiger partial charge in [0.2, 0.25) is 0 Å². The number of hydrogen-bond donors (Lipinski definition) is 2. The molecule has 0 fully saturated rings. The molecule has 0 saturated heterocycles. The van der Waals surface area contributed by atoms with Crippen LogP contribution in [0.3, 0.4) is 0 Å². The predicted octanol–water partition coefficient (Wildman–Crippen LogP) is 3.91. The largest absolute Gasteiger partial charge is 0.508 e. The van der Waals surface area contributed by atoms with Crippen LogP contribution < -0.4 is 5.32 Å². The number of rotatable bonds is 4. The SMILES string of the molecule is Cc1ccccc1CC(C)NC1CCc2cc(O)ccc21. The molecule has 0 heterocycles. The quantitative estimate of drug-likeness (QED) is 0.890. The second kappa shape index (κ2) is 5.90. The van der Waals surface area contributed by atoms with Crippen LogP contribution in [0.15, 0.2) is 42.5 Å². The molecule has 0 saturated carbocycles.